The van der Waals surface area contributed by atoms with E-state index in [1.807, 2.05) is 0 Å². The molecule has 5 rings (SSSR count). The summed E-state index contributed by atoms with van der Waals surface area (Å²) in [6.45, 7) is 8.45. The number of para-hydroxylation sites is 1. The molecule has 0 bridgehead atoms. The Morgan fingerprint density at radius 3 is 2.66 bits per heavy atom. The predicted octanol–water partition coefficient (Wildman–Crippen LogP) is 3.25. The van der Waals surface area contributed by atoms with Gasteiger partial charge in [0.15, 0.2) is 0 Å². The predicted molar refractivity (Wildman–Crippen MR) is 117 cm³/mol. The van der Waals surface area contributed by atoms with Gasteiger partial charge in [-0.2, -0.15) is 0 Å². The number of aromatic amines is 1. The number of nitrogens with zero attached hydrogens (tertiary/aromatic N) is 2. The minimum Gasteiger partial charge on any atom is -0.357 e. The molecule has 0 radical (unpaired) electrons. The lowest BCUT2D eigenvalue weighted by molar-refractivity contribution is -0.134. The van der Waals surface area contributed by atoms with E-state index in [2.05, 4.69) is 51.3 Å². The van der Waals surface area contributed by atoms with Crippen LogP contribution in [0, 0.1) is 5.92 Å². The maximum absolute atomic E-state index is 13.0. The van der Waals surface area contributed by atoms with Crippen LogP contribution in [-0.4, -0.2) is 60.0 Å². The fourth-order valence-electron chi connectivity index (χ4n) is 5.83. The SMILES string of the molecule is CCN1CCC(CC(=O)N2CCC3(CC2)NCCc2c3[nH]c3ccccc23)CC1. The van der Waals surface area contributed by atoms with Gasteiger partial charge in [-0.1, -0.05) is 25.1 Å². The van der Waals surface area contributed by atoms with E-state index in [4.69, 9.17) is 0 Å². The molecule has 2 aromatic rings. The molecule has 0 unspecified atom stereocenters. The topological polar surface area (TPSA) is 51.4 Å². The van der Waals surface area contributed by atoms with Crippen molar-refractivity contribution >= 4 is 16.8 Å². The van der Waals surface area contributed by atoms with Crippen LogP contribution in [-0.2, 0) is 16.8 Å². The minimum absolute atomic E-state index is 0.00977. The summed E-state index contributed by atoms with van der Waals surface area (Å²) in [4.78, 5) is 21.3. The Kier molecular flexibility index (Phi) is 5.12. The summed E-state index contributed by atoms with van der Waals surface area (Å²) >= 11 is 0. The Morgan fingerprint density at radius 1 is 1.14 bits per heavy atom. The van der Waals surface area contributed by atoms with Gasteiger partial charge < -0.3 is 20.1 Å². The summed E-state index contributed by atoms with van der Waals surface area (Å²) in [6.07, 6.45) is 6.20. The number of H-pyrrole nitrogens is 1. The average molecular weight is 395 g/mol. The van der Waals surface area contributed by atoms with E-state index in [0.717, 1.165) is 65.0 Å². The lowest BCUT2D eigenvalue weighted by Crippen LogP contribution is -2.55. The largest absolute Gasteiger partial charge is 0.357 e. The van der Waals surface area contributed by atoms with Crippen LogP contribution in [0.3, 0.4) is 0 Å². The summed E-state index contributed by atoms with van der Waals surface area (Å²) < 4.78 is 0. The molecule has 0 atom stereocenters. The lowest BCUT2D eigenvalue weighted by Gasteiger charge is -2.45. The number of hydrogen-bond donors (Lipinski definition) is 2. The van der Waals surface area contributed by atoms with Crippen LogP contribution in [0.15, 0.2) is 24.3 Å². The average Bonchev–Trinajstić information content (AvgIpc) is 3.15. The molecule has 2 N–H and O–H groups in total. The Hall–Kier alpha value is -1.85. The summed E-state index contributed by atoms with van der Waals surface area (Å²) in [5, 5.41) is 5.20. The summed E-state index contributed by atoms with van der Waals surface area (Å²) in [6, 6.07) is 8.67. The summed E-state index contributed by atoms with van der Waals surface area (Å²) in [5.74, 6) is 0.955. The van der Waals surface area contributed by atoms with Crippen LogP contribution < -0.4 is 5.32 Å². The van der Waals surface area contributed by atoms with Gasteiger partial charge >= 0.3 is 0 Å². The number of benzene rings is 1. The number of amides is 1. The second-order valence-electron chi connectivity index (χ2n) is 9.25. The zero-order valence-electron chi connectivity index (χ0n) is 17.7. The molecule has 0 saturated carbocycles. The summed E-state index contributed by atoms with van der Waals surface area (Å²) in [5.41, 5.74) is 4.12. The molecular weight excluding hydrogens is 360 g/mol. The van der Waals surface area contributed by atoms with E-state index >= 15 is 0 Å². The van der Waals surface area contributed by atoms with Crippen molar-refractivity contribution in [1.82, 2.24) is 20.1 Å². The second-order valence-corrected chi connectivity index (χ2v) is 9.25. The number of piperidine rings is 2. The first kappa shape index (κ1) is 19.1. The van der Waals surface area contributed by atoms with Gasteiger partial charge in [-0.3, -0.25) is 4.79 Å². The number of fused-ring (bicyclic) bond motifs is 4. The first-order chi connectivity index (χ1) is 14.2. The highest BCUT2D eigenvalue weighted by Gasteiger charge is 2.42. The summed E-state index contributed by atoms with van der Waals surface area (Å²) in [7, 11) is 0. The van der Waals surface area contributed by atoms with E-state index in [1.165, 1.54) is 35.0 Å². The Morgan fingerprint density at radius 2 is 1.90 bits per heavy atom. The van der Waals surface area contributed by atoms with Gasteiger partial charge in [0.25, 0.3) is 0 Å². The maximum atomic E-state index is 13.0. The second kappa shape index (κ2) is 7.77. The van der Waals surface area contributed by atoms with Crippen LogP contribution in [0.1, 0.15) is 50.3 Å². The Labute approximate surface area is 173 Å². The van der Waals surface area contributed by atoms with E-state index in [9.17, 15) is 4.79 Å². The van der Waals surface area contributed by atoms with Crippen molar-refractivity contribution in [3.05, 3.63) is 35.5 Å². The zero-order valence-corrected chi connectivity index (χ0v) is 17.7. The molecule has 5 heteroatoms. The third-order valence-corrected chi connectivity index (χ3v) is 7.72. The van der Waals surface area contributed by atoms with Crippen LogP contribution in [0.4, 0.5) is 0 Å². The van der Waals surface area contributed by atoms with Crippen molar-refractivity contribution in [2.45, 2.75) is 51.0 Å². The molecule has 29 heavy (non-hydrogen) atoms. The molecule has 3 aliphatic rings. The zero-order chi connectivity index (χ0) is 19.8. The molecule has 156 valence electrons. The van der Waals surface area contributed by atoms with E-state index in [-0.39, 0.29) is 5.54 Å². The molecule has 5 nitrogen and oxygen atoms in total. The third-order valence-electron chi connectivity index (χ3n) is 7.72. The number of carbonyl (C=O) groups is 1. The van der Waals surface area contributed by atoms with E-state index in [0.29, 0.717) is 11.8 Å². The van der Waals surface area contributed by atoms with Crippen molar-refractivity contribution in [1.29, 1.82) is 0 Å². The van der Waals surface area contributed by atoms with E-state index < -0.39 is 0 Å². The van der Waals surface area contributed by atoms with Gasteiger partial charge in [0.1, 0.15) is 0 Å². The van der Waals surface area contributed by atoms with Crippen LogP contribution in [0.25, 0.3) is 10.9 Å². The van der Waals surface area contributed by atoms with Gasteiger partial charge in [-0.15, -0.1) is 0 Å². The lowest BCUT2D eigenvalue weighted by atomic mass is 9.79. The van der Waals surface area contributed by atoms with Crippen molar-refractivity contribution in [3.8, 4) is 0 Å². The highest BCUT2D eigenvalue weighted by Crippen LogP contribution is 2.40. The van der Waals surface area contributed by atoms with Crippen LogP contribution in [0.5, 0.6) is 0 Å². The van der Waals surface area contributed by atoms with Gasteiger partial charge in [0, 0.05) is 42.7 Å². The maximum Gasteiger partial charge on any atom is 0.222 e. The normalized spacial score (nSPS) is 22.9. The number of nitrogens with one attached hydrogen (secondary N) is 2. The van der Waals surface area contributed by atoms with Crippen LogP contribution >= 0.6 is 0 Å². The molecule has 1 amide bonds. The molecule has 3 aliphatic heterocycles. The van der Waals surface area contributed by atoms with Crippen molar-refractivity contribution < 1.29 is 4.79 Å². The molecule has 0 aliphatic carbocycles. The number of likely N-dealkylation sites (tertiary alicyclic amines) is 2. The Balaban J connectivity index is 1.25. The molecule has 4 heterocycles. The van der Waals surface area contributed by atoms with Crippen molar-refractivity contribution in [2.75, 3.05) is 39.3 Å². The first-order valence-corrected chi connectivity index (χ1v) is 11.5. The smallest absolute Gasteiger partial charge is 0.222 e. The molecule has 1 spiro atoms. The number of aromatic nitrogens is 1. The van der Waals surface area contributed by atoms with Crippen LogP contribution in [0.2, 0.25) is 0 Å². The van der Waals surface area contributed by atoms with Crippen molar-refractivity contribution in [3.63, 3.8) is 0 Å². The molecule has 1 aromatic carbocycles. The molecule has 2 saturated heterocycles. The number of rotatable bonds is 3. The fraction of sp³-hybridized carbons (Fsp3) is 0.625. The van der Waals surface area contributed by atoms with Gasteiger partial charge in [0.05, 0.1) is 5.54 Å². The molecule has 1 aromatic heterocycles. The van der Waals surface area contributed by atoms with E-state index in [1.54, 1.807) is 0 Å². The molecular formula is C24H34N4O. The minimum atomic E-state index is 0.00977. The fourth-order valence-corrected chi connectivity index (χ4v) is 5.83. The van der Waals surface area contributed by atoms with Gasteiger partial charge in [-0.25, -0.2) is 0 Å². The number of hydrogen-bond acceptors (Lipinski definition) is 3. The monoisotopic (exact) mass is 394 g/mol. The highest BCUT2D eigenvalue weighted by atomic mass is 16.2. The van der Waals surface area contributed by atoms with Gasteiger partial charge in [0.2, 0.25) is 5.91 Å². The third kappa shape index (κ3) is 3.49. The first-order valence-electron chi connectivity index (χ1n) is 11.5. The standard InChI is InChI=1S/C24H34N4O/c1-2-27-13-8-18(9-14-27)17-22(29)28-15-10-24(11-16-28)23-20(7-12-25-24)19-5-3-4-6-21(19)26-23/h3-6,18,25-26H,2,7-17H2,1H3. The molecule has 2 fully saturated rings. The Bertz CT molecular complexity index is 872. The number of carbonyl (C=O) groups excluding carboxylic acids is 1. The van der Waals surface area contributed by atoms with Crippen molar-refractivity contribution in [2.24, 2.45) is 5.92 Å². The highest BCUT2D eigenvalue weighted by molar-refractivity contribution is 5.85. The van der Waals surface area contributed by atoms with Gasteiger partial charge in [-0.05, 0) is 69.3 Å². The quantitative estimate of drug-likeness (QED) is 0.840.